The summed E-state index contributed by atoms with van der Waals surface area (Å²) in [7, 11) is 0. The molecule has 2 fully saturated rings. The van der Waals surface area contributed by atoms with Crippen LogP contribution in [0.3, 0.4) is 0 Å². The first-order chi connectivity index (χ1) is 8.74. The van der Waals surface area contributed by atoms with Gasteiger partial charge in [-0.2, -0.15) is 0 Å². The molecule has 0 spiro atoms. The summed E-state index contributed by atoms with van der Waals surface area (Å²) in [4.78, 5) is 29.8. The van der Waals surface area contributed by atoms with E-state index in [-0.39, 0.29) is 5.56 Å². The lowest BCUT2D eigenvalue weighted by molar-refractivity contribution is -0.132. The zero-order valence-corrected chi connectivity index (χ0v) is 10.3. The predicted octanol–water partition coefficient (Wildman–Crippen LogP) is 0.433. The second kappa shape index (κ2) is 4.48. The average Bonchev–Trinajstić information content (AvgIpc) is 3.23. The predicted molar refractivity (Wildman–Crippen MR) is 68.6 cm³/mol. The molecule has 1 aromatic heterocycles. The Morgan fingerprint density at radius 1 is 1.17 bits per heavy atom. The Morgan fingerprint density at radius 3 is 2.44 bits per heavy atom. The van der Waals surface area contributed by atoms with Crippen LogP contribution in [-0.4, -0.2) is 42.0 Å². The molecule has 1 aliphatic heterocycles. The Morgan fingerprint density at radius 2 is 1.89 bits per heavy atom. The Hall–Kier alpha value is -1.78. The molecule has 1 aromatic rings. The molecule has 0 atom stereocenters. The van der Waals surface area contributed by atoms with Crippen molar-refractivity contribution in [2.75, 3.05) is 31.1 Å². The maximum Gasteiger partial charge on any atom is 0.248 e. The van der Waals surface area contributed by atoms with Gasteiger partial charge < -0.3 is 14.8 Å². The average molecular weight is 247 g/mol. The highest BCUT2D eigenvalue weighted by Gasteiger charge is 2.34. The van der Waals surface area contributed by atoms with Crippen LogP contribution in [0.5, 0.6) is 0 Å². The van der Waals surface area contributed by atoms with Crippen molar-refractivity contribution in [2.45, 2.75) is 12.8 Å². The van der Waals surface area contributed by atoms with E-state index in [9.17, 15) is 9.59 Å². The fourth-order valence-corrected chi connectivity index (χ4v) is 2.37. The minimum absolute atomic E-state index is 0.0821. The number of amides is 1. The molecule has 1 saturated carbocycles. The van der Waals surface area contributed by atoms with E-state index in [1.54, 1.807) is 6.20 Å². The third kappa shape index (κ3) is 2.25. The largest absolute Gasteiger partial charge is 0.367 e. The Kier molecular flexibility index (Phi) is 2.81. The van der Waals surface area contributed by atoms with Gasteiger partial charge in [-0.25, -0.2) is 0 Å². The molecule has 0 unspecified atom stereocenters. The highest BCUT2D eigenvalue weighted by molar-refractivity contribution is 5.81. The van der Waals surface area contributed by atoms with Crippen molar-refractivity contribution in [3.63, 3.8) is 0 Å². The molecule has 0 radical (unpaired) electrons. The summed E-state index contributed by atoms with van der Waals surface area (Å²) in [6.45, 7) is 3.25. The van der Waals surface area contributed by atoms with Crippen molar-refractivity contribution < 1.29 is 4.79 Å². The second-order valence-corrected chi connectivity index (χ2v) is 5.00. The fraction of sp³-hybridized carbons (Fsp3) is 0.538. The maximum atomic E-state index is 11.9. The first-order valence-corrected chi connectivity index (χ1v) is 6.46. The van der Waals surface area contributed by atoms with Crippen LogP contribution in [0.15, 0.2) is 23.1 Å². The summed E-state index contributed by atoms with van der Waals surface area (Å²) in [5.74, 6) is 0.640. The van der Waals surface area contributed by atoms with Crippen LogP contribution in [0.2, 0.25) is 0 Å². The van der Waals surface area contributed by atoms with Gasteiger partial charge in [-0.3, -0.25) is 9.59 Å². The molecule has 1 N–H and O–H groups in total. The monoisotopic (exact) mass is 247 g/mol. The summed E-state index contributed by atoms with van der Waals surface area (Å²) in [6.07, 6.45) is 3.87. The Bertz CT molecular complexity index is 479. The van der Waals surface area contributed by atoms with E-state index in [2.05, 4.69) is 9.88 Å². The summed E-state index contributed by atoms with van der Waals surface area (Å²) in [5, 5.41) is 0. The zero-order valence-electron chi connectivity index (χ0n) is 10.3. The van der Waals surface area contributed by atoms with Crippen LogP contribution < -0.4 is 10.5 Å². The molecular weight excluding hydrogens is 230 g/mol. The first-order valence-electron chi connectivity index (χ1n) is 6.46. The number of carbonyl (C=O) groups excluding carboxylic acids is 1. The van der Waals surface area contributed by atoms with Crippen LogP contribution in [0.4, 0.5) is 5.69 Å². The minimum atomic E-state index is -0.0821. The molecular formula is C13H17N3O2. The molecule has 3 rings (SSSR count). The van der Waals surface area contributed by atoms with E-state index in [0.29, 0.717) is 11.8 Å². The van der Waals surface area contributed by atoms with Gasteiger partial charge in [0, 0.05) is 44.4 Å². The van der Waals surface area contributed by atoms with Crippen LogP contribution in [0.25, 0.3) is 0 Å². The molecule has 1 saturated heterocycles. The number of aromatic nitrogens is 1. The number of nitrogens with one attached hydrogen (secondary N) is 1. The van der Waals surface area contributed by atoms with Gasteiger partial charge in [0.25, 0.3) is 0 Å². The van der Waals surface area contributed by atoms with E-state index in [0.717, 1.165) is 44.7 Å². The standard InChI is InChI=1S/C13H17N3O2/c17-12-4-3-11(9-14-12)15-5-7-16(8-6-15)13(18)10-1-2-10/h3-4,9-10H,1-2,5-8H2,(H,14,17). The number of hydrogen-bond acceptors (Lipinski definition) is 3. The smallest absolute Gasteiger partial charge is 0.248 e. The number of anilines is 1. The third-order valence-corrected chi connectivity index (χ3v) is 3.65. The highest BCUT2D eigenvalue weighted by Crippen LogP contribution is 2.31. The van der Waals surface area contributed by atoms with Crippen molar-refractivity contribution >= 4 is 11.6 Å². The van der Waals surface area contributed by atoms with Gasteiger partial charge in [-0.05, 0) is 18.9 Å². The summed E-state index contributed by atoms with van der Waals surface area (Å²) < 4.78 is 0. The molecule has 2 aliphatic rings. The van der Waals surface area contributed by atoms with Gasteiger partial charge in [-0.15, -0.1) is 0 Å². The number of H-pyrrole nitrogens is 1. The molecule has 5 heteroatoms. The lowest BCUT2D eigenvalue weighted by atomic mass is 10.2. The molecule has 18 heavy (non-hydrogen) atoms. The van der Waals surface area contributed by atoms with Gasteiger partial charge >= 0.3 is 0 Å². The van der Waals surface area contributed by atoms with Gasteiger partial charge in [0.15, 0.2) is 0 Å². The summed E-state index contributed by atoms with van der Waals surface area (Å²) in [6, 6.07) is 3.37. The van der Waals surface area contributed by atoms with E-state index in [4.69, 9.17) is 0 Å². The minimum Gasteiger partial charge on any atom is -0.367 e. The molecule has 0 bridgehead atoms. The van der Waals surface area contributed by atoms with Gasteiger partial charge in [-0.1, -0.05) is 0 Å². The number of pyridine rings is 1. The van der Waals surface area contributed by atoms with Crippen molar-refractivity contribution in [1.29, 1.82) is 0 Å². The Labute approximate surface area is 105 Å². The van der Waals surface area contributed by atoms with Crippen molar-refractivity contribution in [2.24, 2.45) is 5.92 Å². The van der Waals surface area contributed by atoms with Crippen LogP contribution >= 0.6 is 0 Å². The lowest BCUT2D eigenvalue weighted by Crippen LogP contribution is -2.49. The van der Waals surface area contributed by atoms with Crippen LogP contribution in [0.1, 0.15) is 12.8 Å². The van der Waals surface area contributed by atoms with Crippen LogP contribution in [0, 0.1) is 5.92 Å². The maximum absolute atomic E-state index is 11.9. The molecule has 1 aliphatic carbocycles. The van der Waals surface area contributed by atoms with Gasteiger partial charge in [0.1, 0.15) is 0 Å². The third-order valence-electron chi connectivity index (χ3n) is 3.65. The second-order valence-electron chi connectivity index (χ2n) is 5.00. The molecule has 0 aromatic carbocycles. The number of piperazine rings is 1. The molecule has 5 nitrogen and oxygen atoms in total. The number of aromatic amines is 1. The summed E-state index contributed by atoms with van der Waals surface area (Å²) in [5.41, 5.74) is 0.939. The number of rotatable bonds is 2. The highest BCUT2D eigenvalue weighted by atomic mass is 16.2. The lowest BCUT2D eigenvalue weighted by Gasteiger charge is -2.36. The van der Waals surface area contributed by atoms with Crippen molar-refractivity contribution in [3.05, 3.63) is 28.7 Å². The molecule has 2 heterocycles. The SMILES string of the molecule is O=C(C1CC1)N1CCN(c2ccc(=O)[nH]c2)CC1. The van der Waals surface area contributed by atoms with Gasteiger partial charge in [0.2, 0.25) is 11.5 Å². The number of hydrogen-bond donors (Lipinski definition) is 1. The van der Waals surface area contributed by atoms with E-state index in [1.165, 1.54) is 6.07 Å². The van der Waals surface area contributed by atoms with Crippen molar-refractivity contribution in [3.8, 4) is 0 Å². The normalized spacial score (nSPS) is 20.0. The molecule has 1 amide bonds. The van der Waals surface area contributed by atoms with Crippen molar-refractivity contribution in [1.82, 2.24) is 9.88 Å². The quantitative estimate of drug-likeness (QED) is 0.824. The first kappa shape index (κ1) is 11.3. The van der Waals surface area contributed by atoms with E-state index < -0.39 is 0 Å². The van der Waals surface area contributed by atoms with Crippen LogP contribution in [-0.2, 0) is 4.79 Å². The topological polar surface area (TPSA) is 56.4 Å². The number of nitrogens with zero attached hydrogens (tertiary/aromatic N) is 2. The Balaban J connectivity index is 1.60. The molecule has 96 valence electrons. The van der Waals surface area contributed by atoms with Gasteiger partial charge in [0.05, 0.1) is 5.69 Å². The summed E-state index contributed by atoms with van der Waals surface area (Å²) >= 11 is 0. The van der Waals surface area contributed by atoms with E-state index >= 15 is 0 Å². The zero-order chi connectivity index (χ0) is 12.5. The number of carbonyl (C=O) groups is 1. The van der Waals surface area contributed by atoms with E-state index in [1.807, 2.05) is 11.0 Å². The fourth-order valence-electron chi connectivity index (χ4n) is 2.37.